The summed E-state index contributed by atoms with van der Waals surface area (Å²) in [5.41, 5.74) is 0.415. The molecule has 0 bridgehead atoms. The number of carbonyl (C=O) groups is 1. The molecule has 1 amide bonds. The number of amides is 1. The van der Waals surface area contributed by atoms with Crippen molar-refractivity contribution < 1.29 is 27.8 Å². The fraction of sp³-hybridized carbons (Fsp3) is 0.667. The Hall–Kier alpha value is -1.93. The van der Waals surface area contributed by atoms with Gasteiger partial charge in [-0.25, -0.2) is 0 Å². The highest BCUT2D eigenvalue weighted by atomic mass is 19.3. The average Bonchev–Trinajstić information content (AvgIpc) is 2.67. The summed E-state index contributed by atoms with van der Waals surface area (Å²) in [6.07, 6.45) is 2.42. The number of methoxy groups -OCH3 is 1. The minimum Gasteiger partial charge on any atom is -0.493 e. The van der Waals surface area contributed by atoms with E-state index in [1.54, 1.807) is 0 Å². The number of carbonyl (C=O) groups excluding carboxylic acids is 1. The van der Waals surface area contributed by atoms with Crippen LogP contribution in [0.5, 0.6) is 11.5 Å². The number of piperidine rings is 1. The van der Waals surface area contributed by atoms with E-state index in [0.717, 1.165) is 32.5 Å². The van der Waals surface area contributed by atoms with Crippen LogP contribution < -0.4 is 9.47 Å². The van der Waals surface area contributed by atoms with Crippen molar-refractivity contribution in [2.45, 2.75) is 45.5 Å². The van der Waals surface area contributed by atoms with E-state index >= 15 is 0 Å². The molecule has 0 N–H and O–H groups in total. The van der Waals surface area contributed by atoms with Crippen LogP contribution in [-0.2, 0) is 4.74 Å². The minimum absolute atomic E-state index is 0.0771. The van der Waals surface area contributed by atoms with Crippen molar-refractivity contribution in [2.75, 3.05) is 39.8 Å². The number of alkyl halides is 2. The van der Waals surface area contributed by atoms with Gasteiger partial charge in [0.25, 0.3) is 5.91 Å². The van der Waals surface area contributed by atoms with Crippen LogP contribution in [-0.4, -0.2) is 74.4 Å². The number of halogens is 2. The molecule has 2 aliphatic heterocycles. The molecule has 0 aromatic heterocycles. The first-order chi connectivity index (χ1) is 13.9. The van der Waals surface area contributed by atoms with Crippen LogP contribution in [0.3, 0.4) is 0 Å². The molecule has 2 unspecified atom stereocenters. The van der Waals surface area contributed by atoms with E-state index in [4.69, 9.17) is 9.47 Å². The Labute approximate surface area is 170 Å². The van der Waals surface area contributed by atoms with E-state index in [9.17, 15) is 13.6 Å². The van der Waals surface area contributed by atoms with Gasteiger partial charge < -0.3 is 19.1 Å². The lowest BCUT2D eigenvalue weighted by atomic mass is 9.95. The number of benzene rings is 1. The predicted octanol–water partition coefficient (Wildman–Crippen LogP) is 3.26. The van der Waals surface area contributed by atoms with Crippen LogP contribution in [0.15, 0.2) is 18.2 Å². The maximum atomic E-state index is 12.8. The van der Waals surface area contributed by atoms with Gasteiger partial charge >= 0.3 is 6.61 Å². The molecule has 8 heteroatoms. The third kappa shape index (κ3) is 5.79. The van der Waals surface area contributed by atoms with Crippen LogP contribution >= 0.6 is 0 Å². The quantitative estimate of drug-likeness (QED) is 0.718. The fourth-order valence-electron chi connectivity index (χ4n) is 4.29. The molecule has 0 aliphatic carbocycles. The number of hydrogen-bond acceptors (Lipinski definition) is 5. The van der Waals surface area contributed by atoms with Gasteiger partial charge in [-0.3, -0.25) is 9.69 Å². The maximum absolute atomic E-state index is 12.8. The van der Waals surface area contributed by atoms with Gasteiger partial charge in [0.2, 0.25) is 0 Å². The summed E-state index contributed by atoms with van der Waals surface area (Å²) >= 11 is 0. The van der Waals surface area contributed by atoms with E-state index in [2.05, 4.69) is 23.5 Å². The third-order valence-corrected chi connectivity index (χ3v) is 5.54. The van der Waals surface area contributed by atoms with Crippen molar-refractivity contribution in [3.8, 4) is 11.5 Å². The second-order valence-electron chi connectivity index (χ2n) is 7.96. The normalized spacial score (nSPS) is 24.0. The third-order valence-electron chi connectivity index (χ3n) is 5.54. The number of ether oxygens (including phenoxy) is 3. The summed E-state index contributed by atoms with van der Waals surface area (Å²) in [4.78, 5) is 17.1. The highest BCUT2D eigenvalue weighted by molar-refractivity contribution is 5.95. The van der Waals surface area contributed by atoms with E-state index in [0.29, 0.717) is 24.6 Å². The first-order valence-corrected chi connectivity index (χ1v) is 10.2. The number of nitrogens with zero attached hydrogens (tertiary/aromatic N) is 2. The van der Waals surface area contributed by atoms with Crippen molar-refractivity contribution in [3.05, 3.63) is 23.8 Å². The molecule has 0 radical (unpaired) electrons. The van der Waals surface area contributed by atoms with Gasteiger partial charge in [0.15, 0.2) is 11.5 Å². The summed E-state index contributed by atoms with van der Waals surface area (Å²) in [7, 11) is 1.36. The van der Waals surface area contributed by atoms with Crippen LogP contribution in [0.2, 0.25) is 0 Å². The highest BCUT2D eigenvalue weighted by Gasteiger charge is 2.28. The van der Waals surface area contributed by atoms with E-state index in [1.807, 2.05) is 4.90 Å². The topological polar surface area (TPSA) is 51.2 Å². The zero-order valence-corrected chi connectivity index (χ0v) is 17.3. The molecular weight excluding hydrogens is 382 g/mol. The second-order valence-corrected chi connectivity index (χ2v) is 7.96. The molecule has 2 saturated heterocycles. The molecule has 2 atom stereocenters. The first-order valence-electron chi connectivity index (χ1n) is 10.2. The van der Waals surface area contributed by atoms with Crippen molar-refractivity contribution in [3.63, 3.8) is 0 Å². The van der Waals surface area contributed by atoms with Crippen molar-refractivity contribution in [1.29, 1.82) is 0 Å². The van der Waals surface area contributed by atoms with Crippen LogP contribution in [0.1, 0.15) is 37.0 Å². The van der Waals surface area contributed by atoms with E-state index in [1.165, 1.54) is 25.3 Å². The Morgan fingerprint density at radius 1 is 1.17 bits per heavy atom. The maximum Gasteiger partial charge on any atom is 0.387 e. The molecule has 2 aliphatic rings. The van der Waals surface area contributed by atoms with Gasteiger partial charge in [-0.15, -0.1) is 0 Å². The van der Waals surface area contributed by atoms with Crippen molar-refractivity contribution in [1.82, 2.24) is 9.80 Å². The van der Waals surface area contributed by atoms with Gasteiger partial charge in [-0.1, -0.05) is 0 Å². The molecule has 29 heavy (non-hydrogen) atoms. The summed E-state index contributed by atoms with van der Waals surface area (Å²) in [5.74, 6) is 0.500. The van der Waals surface area contributed by atoms with E-state index < -0.39 is 6.61 Å². The molecule has 0 spiro atoms. The Morgan fingerprint density at radius 3 is 2.41 bits per heavy atom. The number of rotatable bonds is 6. The Bertz CT molecular complexity index is 685. The van der Waals surface area contributed by atoms with Crippen LogP contribution in [0, 0.1) is 5.92 Å². The molecule has 1 aromatic rings. The van der Waals surface area contributed by atoms with Crippen molar-refractivity contribution in [2.24, 2.45) is 5.92 Å². The molecule has 162 valence electrons. The average molecular weight is 412 g/mol. The van der Waals surface area contributed by atoms with Gasteiger partial charge in [0.1, 0.15) is 0 Å². The molecule has 1 aromatic carbocycles. The van der Waals surface area contributed by atoms with Gasteiger partial charge in [0.05, 0.1) is 19.3 Å². The smallest absolute Gasteiger partial charge is 0.387 e. The molecule has 0 saturated carbocycles. The van der Waals surface area contributed by atoms with Gasteiger partial charge in [-0.2, -0.15) is 8.78 Å². The minimum atomic E-state index is -2.94. The summed E-state index contributed by atoms with van der Waals surface area (Å²) in [5, 5.41) is 0. The zero-order chi connectivity index (χ0) is 21.0. The Kier molecular flexibility index (Phi) is 7.29. The lowest BCUT2D eigenvalue weighted by molar-refractivity contribution is -0.0728. The first kappa shape index (κ1) is 21.8. The molecule has 3 rings (SSSR count). The molecule has 6 nitrogen and oxygen atoms in total. The summed E-state index contributed by atoms with van der Waals surface area (Å²) < 4.78 is 40.3. The molecule has 2 heterocycles. The molecular formula is C21H30F2N2O4. The highest BCUT2D eigenvalue weighted by Crippen LogP contribution is 2.30. The standard InChI is InChI=1S/C21H30F2N2O4/c1-14-11-24(12-15(2)28-14)13-16-6-8-25(9-7-16)20(26)17-4-5-18(29-21(22)23)19(10-17)27-3/h4-5,10,14-16,21H,6-9,11-13H2,1-3H3. The molecule has 2 fully saturated rings. The number of hydrogen-bond donors (Lipinski definition) is 0. The number of likely N-dealkylation sites (tertiary alicyclic amines) is 1. The summed E-state index contributed by atoms with van der Waals surface area (Å²) in [6.45, 7) is 5.60. The van der Waals surface area contributed by atoms with Gasteiger partial charge in [0, 0.05) is 38.3 Å². The Balaban J connectivity index is 1.54. The lowest BCUT2D eigenvalue weighted by Crippen LogP contribution is -2.48. The second kappa shape index (κ2) is 9.71. The summed E-state index contributed by atoms with van der Waals surface area (Å²) in [6, 6.07) is 4.32. The van der Waals surface area contributed by atoms with E-state index in [-0.39, 0.29) is 29.6 Å². The largest absolute Gasteiger partial charge is 0.493 e. The lowest BCUT2D eigenvalue weighted by Gasteiger charge is -2.39. The zero-order valence-electron chi connectivity index (χ0n) is 17.3. The van der Waals surface area contributed by atoms with Crippen molar-refractivity contribution >= 4 is 5.91 Å². The monoisotopic (exact) mass is 412 g/mol. The Morgan fingerprint density at radius 2 is 1.83 bits per heavy atom. The SMILES string of the molecule is COc1cc(C(=O)N2CCC(CN3CC(C)OC(C)C3)CC2)ccc1OC(F)F. The predicted molar refractivity (Wildman–Crippen MR) is 105 cm³/mol. The van der Waals surface area contributed by atoms with Crippen LogP contribution in [0.25, 0.3) is 0 Å². The fourth-order valence-corrected chi connectivity index (χ4v) is 4.29. The van der Waals surface area contributed by atoms with Crippen LogP contribution in [0.4, 0.5) is 8.78 Å². The number of morpholine rings is 1. The van der Waals surface area contributed by atoms with Gasteiger partial charge in [-0.05, 0) is 50.8 Å².